The Balaban J connectivity index is 1.91. The quantitative estimate of drug-likeness (QED) is 0.847. The molecular formula is C14H22BrN3OS. The van der Waals surface area contributed by atoms with Crippen molar-refractivity contribution in [1.29, 1.82) is 0 Å². The fourth-order valence-electron chi connectivity index (χ4n) is 2.65. The molecule has 1 aliphatic heterocycles. The number of halogens is 1. The second kappa shape index (κ2) is 7.54. The van der Waals surface area contributed by atoms with Crippen molar-refractivity contribution in [1.82, 2.24) is 9.80 Å². The maximum Gasteiger partial charge on any atom is 0.237 e. The van der Waals surface area contributed by atoms with Gasteiger partial charge in [-0.1, -0.05) is 0 Å². The van der Waals surface area contributed by atoms with E-state index in [2.05, 4.69) is 26.9 Å². The second-order valence-corrected chi connectivity index (χ2v) is 7.66. The zero-order chi connectivity index (χ0) is 14.5. The molecule has 1 saturated heterocycles. The Labute approximate surface area is 133 Å². The third-order valence-corrected chi connectivity index (χ3v) is 5.43. The number of rotatable bonds is 6. The maximum absolute atomic E-state index is 12.4. The lowest BCUT2D eigenvalue weighted by Crippen LogP contribution is -2.44. The van der Waals surface area contributed by atoms with Gasteiger partial charge in [0, 0.05) is 24.0 Å². The van der Waals surface area contributed by atoms with Crippen molar-refractivity contribution in [2.75, 3.05) is 26.2 Å². The number of nitrogens with zero attached hydrogens (tertiary/aromatic N) is 2. The number of hydrogen-bond acceptors (Lipinski definition) is 4. The lowest BCUT2D eigenvalue weighted by atomic mass is 10.2. The molecule has 20 heavy (non-hydrogen) atoms. The highest BCUT2D eigenvalue weighted by atomic mass is 79.9. The number of likely N-dealkylation sites (tertiary alicyclic amines) is 1. The molecule has 2 heterocycles. The molecule has 2 rings (SSSR count). The van der Waals surface area contributed by atoms with Gasteiger partial charge in [-0.15, -0.1) is 11.3 Å². The standard InChI is InChI=1S/C14H22BrN3OS/c1-2-17(9-12-5-6-13(15)20-12)14(19)10-18-7-3-4-11(18)8-16/h5-6,11H,2-4,7-10,16H2,1H3. The van der Waals surface area contributed by atoms with Crippen LogP contribution < -0.4 is 5.73 Å². The van der Waals surface area contributed by atoms with Crippen molar-refractivity contribution in [2.24, 2.45) is 5.73 Å². The Morgan fingerprint density at radius 2 is 2.40 bits per heavy atom. The molecule has 4 nitrogen and oxygen atoms in total. The minimum Gasteiger partial charge on any atom is -0.337 e. The van der Waals surface area contributed by atoms with Crippen LogP contribution in [0.5, 0.6) is 0 Å². The number of amides is 1. The number of carbonyl (C=O) groups excluding carboxylic acids is 1. The maximum atomic E-state index is 12.4. The lowest BCUT2D eigenvalue weighted by Gasteiger charge is -2.27. The van der Waals surface area contributed by atoms with Gasteiger partial charge in [0.05, 0.1) is 16.9 Å². The molecule has 1 aromatic rings. The smallest absolute Gasteiger partial charge is 0.237 e. The molecule has 1 aliphatic rings. The number of likely N-dealkylation sites (N-methyl/N-ethyl adjacent to an activating group) is 1. The monoisotopic (exact) mass is 359 g/mol. The molecule has 112 valence electrons. The van der Waals surface area contributed by atoms with Gasteiger partial charge < -0.3 is 10.6 Å². The van der Waals surface area contributed by atoms with Crippen molar-refractivity contribution in [2.45, 2.75) is 32.4 Å². The highest BCUT2D eigenvalue weighted by Gasteiger charge is 2.26. The number of hydrogen-bond donors (Lipinski definition) is 1. The van der Waals surface area contributed by atoms with Crippen molar-refractivity contribution in [3.8, 4) is 0 Å². The Morgan fingerprint density at radius 3 is 3.00 bits per heavy atom. The summed E-state index contributed by atoms with van der Waals surface area (Å²) in [6, 6.07) is 4.49. The van der Waals surface area contributed by atoms with Crippen LogP contribution >= 0.6 is 27.3 Å². The summed E-state index contributed by atoms with van der Waals surface area (Å²) in [4.78, 5) is 17.8. The molecule has 0 saturated carbocycles. The number of nitrogens with two attached hydrogens (primary N) is 1. The molecule has 0 bridgehead atoms. The van der Waals surface area contributed by atoms with Crippen LogP contribution in [0.2, 0.25) is 0 Å². The van der Waals surface area contributed by atoms with Gasteiger partial charge >= 0.3 is 0 Å². The van der Waals surface area contributed by atoms with Crippen LogP contribution in [0.15, 0.2) is 15.9 Å². The van der Waals surface area contributed by atoms with E-state index in [9.17, 15) is 4.79 Å². The Hall–Kier alpha value is -0.430. The van der Waals surface area contributed by atoms with E-state index in [-0.39, 0.29) is 5.91 Å². The lowest BCUT2D eigenvalue weighted by molar-refractivity contribution is -0.133. The molecule has 0 aliphatic carbocycles. The van der Waals surface area contributed by atoms with Gasteiger partial charge in [-0.25, -0.2) is 0 Å². The van der Waals surface area contributed by atoms with E-state index >= 15 is 0 Å². The van der Waals surface area contributed by atoms with Crippen LogP contribution in [0.25, 0.3) is 0 Å². The number of carbonyl (C=O) groups is 1. The van der Waals surface area contributed by atoms with E-state index in [1.165, 1.54) is 4.88 Å². The first-order valence-corrected chi connectivity index (χ1v) is 8.71. The predicted octanol–water partition coefficient (Wildman–Crippen LogP) is 2.28. The predicted molar refractivity (Wildman–Crippen MR) is 86.8 cm³/mol. The average Bonchev–Trinajstić information content (AvgIpc) is 3.04. The molecule has 1 unspecified atom stereocenters. The normalized spacial score (nSPS) is 19.4. The fourth-order valence-corrected chi connectivity index (χ4v) is 4.14. The molecule has 0 aromatic carbocycles. The van der Waals surface area contributed by atoms with Crippen molar-refractivity contribution >= 4 is 33.2 Å². The summed E-state index contributed by atoms with van der Waals surface area (Å²) in [5.74, 6) is 0.206. The molecule has 0 radical (unpaired) electrons. The fraction of sp³-hybridized carbons (Fsp3) is 0.643. The Bertz CT molecular complexity index is 451. The Kier molecular flexibility index (Phi) is 6.01. The molecule has 1 aromatic heterocycles. The summed E-state index contributed by atoms with van der Waals surface area (Å²) in [5.41, 5.74) is 5.76. The van der Waals surface area contributed by atoms with Gasteiger partial charge in [0.1, 0.15) is 0 Å². The first kappa shape index (κ1) is 15.9. The van der Waals surface area contributed by atoms with Crippen LogP contribution in [0, 0.1) is 0 Å². The van der Waals surface area contributed by atoms with Crippen LogP contribution in [0.1, 0.15) is 24.6 Å². The van der Waals surface area contributed by atoms with E-state index in [1.807, 2.05) is 17.9 Å². The van der Waals surface area contributed by atoms with Gasteiger partial charge in [0.15, 0.2) is 0 Å². The highest BCUT2D eigenvalue weighted by Crippen LogP contribution is 2.23. The van der Waals surface area contributed by atoms with E-state index in [0.29, 0.717) is 25.7 Å². The average molecular weight is 360 g/mol. The minimum absolute atomic E-state index is 0.206. The topological polar surface area (TPSA) is 49.6 Å². The van der Waals surface area contributed by atoms with Crippen LogP contribution in [-0.4, -0.2) is 47.9 Å². The number of thiophene rings is 1. The van der Waals surface area contributed by atoms with Crippen molar-refractivity contribution in [3.05, 3.63) is 20.8 Å². The van der Waals surface area contributed by atoms with Gasteiger partial charge in [0.25, 0.3) is 0 Å². The van der Waals surface area contributed by atoms with E-state index < -0.39 is 0 Å². The van der Waals surface area contributed by atoms with Crippen molar-refractivity contribution in [3.63, 3.8) is 0 Å². The van der Waals surface area contributed by atoms with Crippen molar-refractivity contribution < 1.29 is 4.79 Å². The van der Waals surface area contributed by atoms with Gasteiger partial charge in [-0.3, -0.25) is 9.69 Å². The summed E-state index contributed by atoms with van der Waals surface area (Å²) in [6.07, 6.45) is 2.27. The van der Waals surface area contributed by atoms with Gasteiger partial charge in [-0.2, -0.15) is 0 Å². The summed E-state index contributed by atoms with van der Waals surface area (Å²) >= 11 is 5.15. The third-order valence-electron chi connectivity index (χ3n) is 3.82. The molecule has 6 heteroatoms. The van der Waals surface area contributed by atoms with E-state index in [0.717, 1.165) is 29.7 Å². The third kappa shape index (κ3) is 4.04. The van der Waals surface area contributed by atoms with E-state index in [4.69, 9.17) is 5.73 Å². The molecule has 1 atom stereocenters. The summed E-state index contributed by atoms with van der Waals surface area (Å²) in [7, 11) is 0. The van der Waals surface area contributed by atoms with E-state index in [1.54, 1.807) is 11.3 Å². The second-order valence-electron chi connectivity index (χ2n) is 5.12. The summed E-state index contributed by atoms with van der Waals surface area (Å²) in [5, 5.41) is 0. The molecule has 2 N–H and O–H groups in total. The minimum atomic E-state index is 0.206. The first-order chi connectivity index (χ1) is 9.63. The zero-order valence-electron chi connectivity index (χ0n) is 11.8. The Morgan fingerprint density at radius 1 is 1.60 bits per heavy atom. The van der Waals surface area contributed by atoms with Crippen LogP contribution in [0.3, 0.4) is 0 Å². The van der Waals surface area contributed by atoms with Gasteiger partial charge in [0.2, 0.25) is 5.91 Å². The molecule has 1 fully saturated rings. The summed E-state index contributed by atoms with van der Waals surface area (Å²) < 4.78 is 1.11. The SMILES string of the molecule is CCN(Cc1ccc(Br)s1)C(=O)CN1CCCC1CN. The largest absolute Gasteiger partial charge is 0.337 e. The summed E-state index contributed by atoms with van der Waals surface area (Å²) in [6.45, 7) is 5.63. The molecule has 0 spiro atoms. The molecule has 1 amide bonds. The van der Waals surface area contributed by atoms with Crippen LogP contribution in [0.4, 0.5) is 0 Å². The highest BCUT2D eigenvalue weighted by molar-refractivity contribution is 9.11. The first-order valence-electron chi connectivity index (χ1n) is 7.10. The van der Waals surface area contributed by atoms with Gasteiger partial charge in [-0.05, 0) is 54.4 Å². The van der Waals surface area contributed by atoms with Crippen LogP contribution in [-0.2, 0) is 11.3 Å². The zero-order valence-corrected chi connectivity index (χ0v) is 14.3. The molecular weight excluding hydrogens is 338 g/mol.